The number of nitrogens with zero attached hydrogens (tertiary/aromatic N) is 2. The zero-order chi connectivity index (χ0) is 13.1. The molecule has 0 saturated carbocycles. The number of carbonyl (C=O) groups excluding carboxylic acids is 1. The second-order valence-corrected chi connectivity index (χ2v) is 3.79. The normalized spacial score (nSPS) is 9.74. The smallest absolute Gasteiger partial charge is 0.433 e. The summed E-state index contributed by atoms with van der Waals surface area (Å²) in [6, 6.07) is 8.05. The predicted octanol–water partition coefficient (Wildman–Crippen LogP) is -1.33. The van der Waals surface area contributed by atoms with Crippen LogP contribution in [0.3, 0.4) is 0 Å². The first-order valence-corrected chi connectivity index (χ1v) is 5.30. The number of pyridine rings is 1. The molecule has 0 bridgehead atoms. The number of halogens is 1. The molecule has 0 spiro atoms. The van der Waals surface area contributed by atoms with Crippen molar-refractivity contribution in [1.29, 1.82) is 0 Å². The van der Waals surface area contributed by atoms with Crippen molar-refractivity contribution in [3.05, 3.63) is 58.1 Å². The monoisotopic (exact) mass is 326 g/mol. The fourth-order valence-corrected chi connectivity index (χ4v) is 1.55. The third-order valence-corrected chi connectivity index (χ3v) is 2.53. The van der Waals surface area contributed by atoms with E-state index in [0.29, 0.717) is 0 Å². The van der Waals surface area contributed by atoms with E-state index >= 15 is 0 Å². The Balaban J connectivity index is 0.00000180. The van der Waals surface area contributed by atoms with Gasteiger partial charge < -0.3 is 21.4 Å². The molecule has 100 valence electrons. The van der Waals surface area contributed by atoms with Crippen LogP contribution in [0.4, 0.5) is 5.88 Å². The highest BCUT2D eigenvalue weighted by molar-refractivity contribution is 5.92. The van der Waals surface area contributed by atoms with Crippen molar-refractivity contribution in [3.63, 3.8) is 0 Å². The Morgan fingerprint density at radius 1 is 1.37 bits per heavy atom. The average molecular weight is 327 g/mol. The molecule has 0 saturated heterocycles. The first-order chi connectivity index (χ1) is 8.58. The summed E-state index contributed by atoms with van der Waals surface area (Å²) in [5, 5.41) is 10.4. The summed E-state index contributed by atoms with van der Waals surface area (Å²) < 4.78 is 6.60. The number of nitro groups is 1. The van der Waals surface area contributed by atoms with E-state index in [1.807, 2.05) is 25.1 Å². The van der Waals surface area contributed by atoms with Gasteiger partial charge in [-0.15, -0.1) is 0 Å². The van der Waals surface area contributed by atoms with Crippen LogP contribution in [-0.2, 0) is 6.54 Å². The topological polar surface area (TPSA) is 77.2 Å². The van der Waals surface area contributed by atoms with Gasteiger partial charge in [-0.2, -0.15) is 4.57 Å². The molecule has 0 atom stereocenters. The molecule has 6 nitrogen and oxygen atoms in total. The largest absolute Gasteiger partial charge is 1.00 e. The molecule has 0 aromatic carbocycles. The molecule has 2 rings (SSSR count). The van der Waals surface area contributed by atoms with Crippen molar-refractivity contribution in [3.8, 4) is 0 Å². The van der Waals surface area contributed by atoms with Crippen LogP contribution in [0.25, 0.3) is 0 Å². The quantitative estimate of drug-likeness (QED) is 0.302. The van der Waals surface area contributed by atoms with Crippen LogP contribution in [0.15, 0.2) is 40.9 Å². The van der Waals surface area contributed by atoms with Crippen LogP contribution >= 0.6 is 0 Å². The van der Waals surface area contributed by atoms with Gasteiger partial charge in [-0.05, 0) is 6.07 Å². The number of aromatic nitrogens is 1. The van der Waals surface area contributed by atoms with Gasteiger partial charge in [-0.25, -0.2) is 0 Å². The van der Waals surface area contributed by atoms with Crippen LogP contribution < -0.4 is 21.5 Å². The van der Waals surface area contributed by atoms with E-state index in [1.54, 1.807) is 10.8 Å². The molecule has 0 N–H and O–H groups in total. The van der Waals surface area contributed by atoms with Crippen molar-refractivity contribution in [2.45, 2.75) is 13.5 Å². The lowest BCUT2D eigenvalue weighted by Gasteiger charge is -1.97. The molecule has 19 heavy (non-hydrogen) atoms. The highest BCUT2D eigenvalue weighted by Crippen LogP contribution is 2.15. The third-order valence-electron chi connectivity index (χ3n) is 2.53. The van der Waals surface area contributed by atoms with Gasteiger partial charge in [-0.1, -0.05) is 6.07 Å². The first-order valence-electron chi connectivity index (χ1n) is 5.30. The first kappa shape index (κ1) is 15.0. The number of furan rings is 1. The minimum atomic E-state index is -0.669. The number of Topliss-reactive ketones (excluding diaryl/α,β-unsaturated/α-hetero) is 1. The highest BCUT2D eigenvalue weighted by Gasteiger charge is 2.20. The zero-order valence-corrected chi connectivity index (χ0v) is 11.7. The van der Waals surface area contributed by atoms with Gasteiger partial charge in [0.05, 0.1) is 6.07 Å². The number of carbonyl (C=O) groups is 1. The van der Waals surface area contributed by atoms with Crippen LogP contribution in [0.1, 0.15) is 16.2 Å². The van der Waals surface area contributed by atoms with E-state index in [-0.39, 0.29) is 35.1 Å². The lowest BCUT2D eigenvalue weighted by Crippen LogP contribution is -3.00. The van der Waals surface area contributed by atoms with Gasteiger partial charge in [0.2, 0.25) is 6.54 Å². The number of rotatable bonds is 4. The van der Waals surface area contributed by atoms with Crippen molar-refractivity contribution in [1.82, 2.24) is 0 Å². The maximum absolute atomic E-state index is 11.9. The molecule has 2 heterocycles. The van der Waals surface area contributed by atoms with Crippen LogP contribution in [0.5, 0.6) is 0 Å². The van der Waals surface area contributed by atoms with Crippen molar-refractivity contribution >= 4 is 11.7 Å². The van der Waals surface area contributed by atoms with Gasteiger partial charge in [0.1, 0.15) is 4.92 Å². The van der Waals surface area contributed by atoms with Crippen molar-refractivity contribution < 1.29 is 35.7 Å². The van der Waals surface area contributed by atoms with Gasteiger partial charge >= 0.3 is 5.88 Å². The summed E-state index contributed by atoms with van der Waals surface area (Å²) in [7, 11) is 0. The predicted molar refractivity (Wildman–Crippen MR) is 61.1 cm³/mol. The molecule has 0 aliphatic rings. The maximum Gasteiger partial charge on any atom is 0.433 e. The lowest BCUT2D eigenvalue weighted by atomic mass is 10.3. The van der Waals surface area contributed by atoms with E-state index in [1.165, 1.54) is 12.1 Å². The summed E-state index contributed by atoms with van der Waals surface area (Å²) >= 11 is 0. The van der Waals surface area contributed by atoms with E-state index in [2.05, 4.69) is 0 Å². The molecule has 2 aromatic rings. The maximum atomic E-state index is 11.9. The standard InChI is InChI=1S/C12H11N2O4.BrH/c1-9-4-2-3-7-13(9)8-10(15)11-5-6-12(18-11)14(16)17;/h2-7H,8H2,1H3;1H/q+1;/p-1. The van der Waals surface area contributed by atoms with E-state index in [0.717, 1.165) is 5.69 Å². The molecule has 2 aromatic heterocycles. The van der Waals surface area contributed by atoms with Crippen LogP contribution in [0, 0.1) is 17.0 Å². The minimum absolute atomic E-state index is 0. The van der Waals surface area contributed by atoms with Gasteiger partial charge in [0, 0.05) is 19.1 Å². The molecular formula is C12H11BrN2O4. The van der Waals surface area contributed by atoms with Crippen molar-refractivity contribution in [2.24, 2.45) is 0 Å². The third kappa shape index (κ3) is 3.47. The molecule has 0 aliphatic heterocycles. The Morgan fingerprint density at radius 2 is 2.11 bits per heavy atom. The lowest BCUT2D eigenvalue weighted by molar-refractivity contribution is -0.689. The second kappa shape index (κ2) is 6.24. The fourth-order valence-electron chi connectivity index (χ4n) is 1.55. The van der Waals surface area contributed by atoms with Crippen molar-refractivity contribution in [2.75, 3.05) is 0 Å². The summed E-state index contributed by atoms with van der Waals surface area (Å²) in [5.74, 6) is -0.729. The second-order valence-electron chi connectivity index (χ2n) is 3.79. The molecule has 0 aliphatic carbocycles. The Labute approximate surface area is 119 Å². The summed E-state index contributed by atoms with van der Waals surface area (Å²) in [4.78, 5) is 21.6. The molecule has 0 radical (unpaired) electrons. The number of ketones is 1. The van der Waals surface area contributed by atoms with Gasteiger partial charge in [0.15, 0.2) is 17.7 Å². The molecule has 0 fully saturated rings. The zero-order valence-electron chi connectivity index (χ0n) is 10.1. The molecular weight excluding hydrogens is 316 g/mol. The Kier molecular flexibility index (Phi) is 4.94. The van der Waals surface area contributed by atoms with Gasteiger partial charge in [0.25, 0.3) is 5.78 Å². The Bertz CT molecular complexity index is 609. The Hall–Kier alpha value is -2.02. The Morgan fingerprint density at radius 3 is 2.68 bits per heavy atom. The van der Waals surface area contributed by atoms with Gasteiger partial charge in [-0.3, -0.25) is 14.9 Å². The number of hydrogen-bond acceptors (Lipinski definition) is 4. The van der Waals surface area contributed by atoms with E-state index < -0.39 is 10.8 Å². The molecule has 7 heteroatoms. The average Bonchev–Trinajstić information content (AvgIpc) is 2.81. The minimum Gasteiger partial charge on any atom is -1.00 e. The summed E-state index contributed by atoms with van der Waals surface area (Å²) in [6.45, 7) is 1.97. The van der Waals surface area contributed by atoms with Crippen LogP contribution in [-0.4, -0.2) is 10.7 Å². The van der Waals surface area contributed by atoms with E-state index in [9.17, 15) is 14.9 Å². The highest BCUT2D eigenvalue weighted by atomic mass is 79.9. The molecule has 0 unspecified atom stereocenters. The van der Waals surface area contributed by atoms with Crippen LogP contribution in [0.2, 0.25) is 0 Å². The van der Waals surface area contributed by atoms with E-state index in [4.69, 9.17) is 4.42 Å². The molecule has 0 amide bonds. The number of aryl methyl sites for hydroxylation is 1. The summed E-state index contributed by atoms with van der Waals surface area (Å²) in [5.41, 5.74) is 0.923. The number of hydrogen-bond donors (Lipinski definition) is 0. The summed E-state index contributed by atoms with van der Waals surface area (Å²) in [6.07, 6.45) is 1.77. The fraction of sp³-hybridized carbons (Fsp3) is 0.167. The SMILES string of the molecule is Cc1cccc[n+]1CC(=O)c1ccc([N+](=O)[O-])o1.[Br-].